The van der Waals surface area contributed by atoms with Gasteiger partial charge in [-0.1, -0.05) is 26.0 Å². The van der Waals surface area contributed by atoms with Crippen LogP contribution >= 0.6 is 0 Å². The van der Waals surface area contributed by atoms with Crippen LogP contribution in [0.25, 0.3) is 0 Å². The first-order valence-electron chi connectivity index (χ1n) is 5.83. The van der Waals surface area contributed by atoms with E-state index in [1.54, 1.807) is 0 Å². The van der Waals surface area contributed by atoms with Crippen molar-refractivity contribution < 1.29 is 0 Å². The van der Waals surface area contributed by atoms with Crippen LogP contribution in [-0.4, -0.2) is 0 Å². The largest absolute Gasteiger partial charge is 0.0953 e. The van der Waals surface area contributed by atoms with Gasteiger partial charge in [0.1, 0.15) is 0 Å². The Morgan fingerprint density at radius 3 is 1.73 bits per heavy atom. The predicted molar refractivity (Wildman–Crippen MR) is 71.0 cm³/mol. The molecule has 0 aromatic rings. The zero-order chi connectivity index (χ0) is 12.2. The Morgan fingerprint density at radius 1 is 0.933 bits per heavy atom. The lowest BCUT2D eigenvalue weighted by molar-refractivity contribution is 0.663. The van der Waals surface area contributed by atoms with E-state index in [0.717, 1.165) is 6.42 Å². The zero-order valence-corrected chi connectivity index (χ0v) is 11.5. The smallest absolute Gasteiger partial charge is 0.0196 e. The predicted octanol–water partition coefficient (Wildman–Crippen LogP) is 5.28. The van der Waals surface area contributed by atoms with Gasteiger partial charge in [-0.25, -0.2) is 0 Å². The number of allylic oxidation sites excluding steroid dienone is 5. The molecule has 0 heteroatoms. The Labute approximate surface area is 95.8 Å². The molecule has 0 spiro atoms. The maximum Gasteiger partial charge on any atom is -0.0196 e. The summed E-state index contributed by atoms with van der Waals surface area (Å²) in [6.45, 7) is 19.6. The van der Waals surface area contributed by atoms with Gasteiger partial charge in [-0.3, -0.25) is 0 Å². The summed E-state index contributed by atoms with van der Waals surface area (Å²) in [7, 11) is 0. The van der Waals surface area contributed by atoms with E-state index in [-0.39, 0.29) is 0 Å². The summed E-state index contributed by atoms with van der Waals surface area (Å²) in [4.78, 5) is 0. The zero-order valence-electron chi connectivity index (χ0n) is 11.5. The molecule has 0 saturated carbocycles. The Morgan fingerprint density at radius 2 is 1.40 bits per heavy atom. The summed E-state index contributed by atoms with van der Waals surface area (Å²) in [5, 5.41) is 0. The van der Waals surface area contributed by atoms with E-state index in [9.17, 15) is 0 Å². The third kappa shape index (κ3) is 3.70. The molecule has 86 valence electrons. The lowest BCUT2D eigenvalue weighted by Crippen LogP contribution is -2.00. The highest BCUT2D eigenvalue weighted by molar-refractivity contribution is 5.42. The van der Waals surface area contributed by atoms with Crippen LogP contribution in [0.2, 0.25) is 0 Å². The third-order valence-electron chi connectivity index (χ3n) is 3.56. The quantitative estimate of drug-likeness (QED) is 0.549. The molecule has 1 atom stereocenters. The molecule has 15 heavy (non-hydrogen) atoms. The van der Waals surface area contributed by atoms with Crippen LogP contribution in [0.1, 0.15) is 54.9 Å². The monoisotopic (exact) mass is 206 g/mol. The second-order valence-corrected chi connectivity index (χ2v) is 4.71. The van der Waals surface area contributed by atoms with Gasteiger partial charge in [0.15, 0.2) is 0 Å². The molecule has 0 heterocycles. The lowest BCUT2D eigenvalue weighted by atomic mass is 9.89. The van der Waals surface area contributed by atoms with Crippen LogP contribution in [-0.2, 0) is 0 Å². The molecule has 0 saturated heterocycles. The van der Waals surface area contributed by atoms with Crippen molar-refractivity contribution in [3.63, 3.8) is 0 Å². The molecule has 0 rings (SSSR count). The summed E-state index contributed by atoms with van der Waals surface area (Å²) < 4.78 is 0. The molecule has 0 aromatic carbocycles. The maximum absolute atomic E-state index is 4.21. The summed E-state index contributed by atoms with van der Waals surface area (Å²) in [6.07, 6.45) is 1.16. The molecule has 0 aliphatic rings. The van der Waals surface area contributed by atoms with E-state index in [1.807, 2.05) is 0 Å². The van der Waals surface area contributed by atoms with Crippen LogP contribution in [0, 0.1) is 5.92 Å². The molecule has 1 unspecified atom stereocenters. The highest BCUT2D eigenvalue weighted by atomic mass is 14.1. The van der Waals surface area contributed by atoms with Gasteiger partial charge in [0.05, 0.1) is 0 Å². The fourth-order valence-corrected chi connectivity index (χ4v) is 1.51. The van der Waals surface area contributed by atoms with E-state index < -0.39 is 0 Å². The van der Waals surface area contributed by atoms with Crippen molar-refractivity contribution >= 4 is 0 Å². The van der Waals surface area contributed by atoms with Crippen molar-refractivity contribution in [3.8, 4) is 0 Å². The van der Waals surface area contributed by atoms with E-state index in [4.69, 9.17) is 0 Å². The van der Waals surface area contributed by atoms with Crippen molar-refractivity contribution in [2.24, 2.45) is 5.92 Å². The minimum Gasteiger partial charge on any atom is -0.0953 e. The van der Waals surface area contributed by atoms with Crippen LogP contribution in [0.4, 0.5) is 0 Å². The Kier molecular flexibility index (Phi) is 5.64. The van der Waals surface area contributed by atoms with Crippen LogP contribution in [0.5, 0.6) is 0 Å². The Bertz CT molecular complexity index is 296. The van der Waals surface area contributed by atoms with Crippen molar-refractivity contribution in [1.82, 2.24) is 0 Å². The Balaban J connectivity index is 5.13. The van der Waals surface area contributed by atoms with E-state index >= 15 is 0 Å². The van der Waals surface area contributed by atoms with Crippen LogP contribution in [0.15, 0.2) is 34.4 Å². The second kappa shape index (κ2) is 5.95. The van der Waals surface area contributed by atoms with Gasteiger partial charge in [0, 0.05) is 0 Å². The molecule has 0 radical (unpaired) electrons. The molecular weight excluding hydrogens is 180 g/mol. The first-order chi connectivity index (χ1) is 6.82. The standard InChI is InChI=1S/C15H26/c1-9-11(4)13(6)15(8)14(7)12(5)10(2)3/h11H,6,9H2,1-5,7-8H3. The molecule has 0 nitrogen and oxygen atoms in total. The van der Waals surface area contributed by atoms with Gasteiger partial charge in [0.25, 0.3) is 0 Å². The van der Waals surface area contributed by atoms with Gasteiger partial charge in [-0.2, -0.15) is 0 Å². The number of hydrogen-bond donors (Lipinski definition) is 0. The van der Waals surface area contributed by atoms with Gasteiger partial charge >= 0.3 is 0 Å². The van der Waals surface area contributed by atoms with Crippen LogP contribution in [0.3, 0.4) is 0 Å². The van der Waals surface area contributed by atoms with Crippen molar-refractivity contribution in [2.75, 3.05) is 0 Å². The van der Waals surface area contributed by atoms with E-state index in [1.165, 1.54) is 27.9 Å². The summed E-state index contributed by atoms with van der Waals surface area (Å²) in [5.74, 6) is 0.588. The SMILES string of the molecule is C=C(C(C)=C(C)C(C)=C(C)C)C(C)CC. The van der Waals surface area contributed by atoms with Gasteiger partial charge < -0.3 is 0 Å². The second-order valence-electron chi connectivity index (χ2n) is 4.71. The maximum atomic E-state index is 4.21. The minimum atomic E-state index is 0.588. The number of rotatable bonds is 4. The summed E-state index contributed by atoms with van der Waals surface area (Å²) in [6, 6.07) is 0. The average Bonchev–Trinajstić information content (AvgIpc) is 2.23. The molecule has 0 aliphatic heterocycles. The highest BCUT2D eigenvalue weighted by Gasteiger charge is 2.09. The average molecular weight is 206 g/mol. The first kappa shape index (κ1) is 14.2. The van der Waals surface area contributed by atoms with Crippen molar-refractivity contribution in [3.05, 3.63) is 34.4 Å². The number of hydrogen-bond acceptors (Lipinski definition) is 0. The summed E-state index contributed by atoms with van der Waals surface area (Å²) >= 11 is 0. The van der Waals surface area contributed by atoms with Crippen molar-refractivity contribution in [2.45, 2.75) is 54.9 Å². The lowest BCUT2D eigenvalue weighted by Gasteiger charge is -2.17. The molecule has 0 amide bonds. The molecular formula is C15H26. The topological polar surface area (TPSA) is 0 Å². The fraction of sp³-hybridized carbons (Fsp3) is 0.600. The molecule has 0 aromatic heterocycles. The molecule has 0 N–H and O–H groups in total. The minimum absolute atomic E-state index is 0.588. The molecule has 0 fully saturated rings. The van der Waals surface area contributed by atoms with E-state index in [0.29, 0.717) is 5.92 Å². The molecule has 0 aliphatic carbocycles. The van der Waals surface area contributed by atoms with Gasteiger partial charge in [-0.15, -0.1) is 0 Å². The normalized spacial score (nSPS) is 14.3. The van der Waals surface area contributed by atoms with Crippen molar-refractivity contribution in [1.29, 1.82) is 0 Å². The fourth-order valence-electron chi connectivity index (χ4n) is 1.51. The van der Waals surface area contributed by atoms with E-state index in [2.05, 4.69) is 55.0 Å². The van der Waals surface area contributed by atoms with Gasteiger partial charge in [-0.05, 0) is 69.2 Å². The van der Waals surface area contributed by atoms with Crippen LogP contribution < -0.4 is 0 Å². The first-order valence-corrected chi connectivity index (χ1v) is 5.83. The van der Waals surface area contributed by atoms with Gasteiger partial charge in [0.2, 0.25) is 0 Å². The summed E-state index contributed by atoms with van der Waals surface area (Å²) in [5.41, 5.74) is 6.83. The Hall–Kier alpha value is -0.780. The molecule has 0 bridgehead atoms. The third-order valence-corrected chi connectivity index (χ3v) is 3.56. The highest BCUT2D eigenvalue weighted by Crippen LogP contribution is 2.26.